The zero-order valence-electron chi connectivity index (χ0n) is 10.1. The highest BCUT2D eigenvalue weighted by atomic mass is 79.9. The molecule has 0 amide bonds. The minimum Gasteiger partial charge on any atom is -0.397 e. The zero-order valence-corrected chi connectivity index (χ0v) is 12.5. The summed E-state index contributed by atoms with van der Waals surface area (Å²) in [5, 5.41) is 7.97. The third-order valence-electron chi connectivity index (χ3n) is 2.55. The fourth-order valence-corrected chi connectivity index (χ4v) is 2.49. The smallest absolute Gasteiger partial charge is 0.238 e. The fraction of sp³-hybridized carbons (Fsp3) is 0. The molecule has 2 aromatic rings. The number of hydrogen-bond donors (Lipinski definition) is 3. The highest BCUT2D eigenvalue weighted by molar-refractivity contribution is 9.10. The molecule has 0 aliphatic heterocycles. The van der Waals surface area contributed by atoms with Crippen LogP contribution in [0.4, 0.5) is 21.5 Å². The second-order valence-electron chi connectivity index (χ2n) is 4.05. The number of nitrogens with two attached hydrogens (primary N) is 2. The first-order valence-electron chi connectivity index (χ1n) is 5.42. The van der Waals surface area contributed by atoms with E-state index in [0.29, 0.717) is 15.8 Å². The van der Waals surface area contributed by atoms with Crippen LogP contribution in [0.2, 0.25) is 0 Å². The molecule has 0 saturated carbocycles. The second kappa shape index (κ2) is 5.39. The molecule has 20 heavy (non-hydrogen) atoms. The summed E-state index contributed by atoms with van der Waals surface area (Å²) in [7, 11) is -3.79. The van der Waals surface area contributed by atoms with Crippen molar-refractivity contribution >= 4 is 43.0 Å². The molecule has 0 aliphatic rings. The summed E-state index contributed by atoms with van der Waals surface area (Å²) in [5.74, 6) is -0.381. The largest absolute Gasteiger partial charge is 0.397 e. The molecule has 8 heteroatoms. The van der Waals surface area contributed by atoms with E-state index >= 15 is 0 Å². The molecule has 2 rings (SSSR count). The van der Waals surface area contributed by atoms with Crippen LogP contribution < -0.4 is 16.2 Å². The van der Waals surface area contributed by atoms with Crippen LogP contribution in [0.15, 0.2) is 45.8 Å². The van der Waals surface area contributed by atoms with Crippen LogP contribution in [-0.4, -0.2) is 8.42 Å². The lowest BCUT2D eigenvalue weighted by molar-refractivity contribution is 0.598. The standard InChI is InChI=1S/C12H11BrFN3O2S/c13-9-5-7(1-3-10(9)14)17-12-4-2-8(6-11(12)15)20(16,18)19/h1-6,17H,15H2,(H2,16,18,19). The summed E-state index contributed by atoms with van der Waals surface area (Å²) in [6.07, 6.45) is 0. The highest BCUT2D eigenvalue weighted by Gasteiger charge is 2.10. The quantitative estimate of drug-likeness (QED) is 0.733. The van der Waals surface area contributed by atoms with Gasteiger partial charge in [-0.3, -0.25) is 0 Å². The van der Waals surface area contributed by atoms with E-state index in [9.17, 15) is 12.8 Å². The van der Waals surface area contributed by atoms with Gasteiger partial charge in [0.05, 0.1) is 20.7 Å². The van der Waals surface area contributed by atoms with Crippen molar-refractivity contribution in [1.82, 2.24) is 0 Å². The third kappa shape index (κ3) is 3.27. The average molecular weight is 360 g/mol. The van der Waals surface area contributed by atoms with E-state index in [4.69, 9.17) is 10.9 Å². The summed E-state index contributed by atoms with van der Waals surface area (Å²) in [6, 6.07) is 8.46. The lowest BCUT2D eigenvalue weighted by Crippen LogP contribution is -2.12. The molecule has 5 nitrogen and oxygen atoms in total. The van der Waals surface area contributed by atoms with Gasteiger partial charge in [-0.15, -0.1) is 0 Å². The Morgan fingerprint density at radius 2 is 1.85 bits per heavy atom. The Kier molecular flexibility index (Phi) is 3.98. The summed E-state index contributed by atoms with van der Waals surface area (Å²) in [5.41, 5.74) is 7.09. The van der Waals surface area contributed by atoms with Gasteiger partial charge in [-0.05, 0) is 52.3 Å². The Balaban J connectivity index is 2.32. The minimum atomic E-state index is -3.79. The van der Waals surface area contributed by atoms with Gasteiger partial charge in [0.15, 0.2) is 0 Å². The molecule has 0 unspecified atom stereocenters. The van der Waals surface area contributed by atoms with Gasteiger partial charge in [0.2, 0.25) is 10.0 Å². The van der Waals surface area contributed by atoms with Crippen molar-refractivity contribution < 1.29 is 12.8 Å². The van der Waals surface area contributed by atoms with E-state index in [1.807, 2.05) is 0 Å². The number of nitrogens with one attached hydrogen (secondary N) is 1. The van der Waals surface area contributed by atoms with Crippen molar-refractivity contribution in [3.63, 3.8) is 0 Å². The number of benzene rings is 2. The van der Waals surface area contributed by atoms with E-state index in [1.165, 1.54) is 30.3 Å². The summed E-state index contributed by atoms with van der Waals surface area (Å²) < 4.78 is 35.8. The Morgan fingerprint density at radius 3 is 2.40 bits per heavy atom. The van der Waals surface area contributed by atoms with Crippen LogP contribution in [0.3, 0.4) is 0 Å². The van der Waals surface area contributed by atoms with Crippen molar-refractivity contribution in [2.45, 2.75) is 4.90 Å². The lowest BCUT2D eigenvalue weighted by Gasteiger charge is -2.11. The number of rotatable bonds is 3. The van der Waals surface area contributed by atoms with Crippen LogP contribution in [0.1, 0.15) is 0 Å². The van der Waals surface area contributed by atoms with Gasteiger partial charge in [0, 0.05) is 5.69 Å². The van der Waals surface area contributed by atoms with Crippen molar-refractivity contribution in [2.24, 2.45) is 5.14 Å². The van der Waals surface area contributed by atoms with Crippen LogP contribution in [0, 0.1) is 5.82 Å². The Hall–Kier alpha value is -1.64. The van der Waals surface area contributed by atoms with Crippen molar-refractivity contribution in [1.29, 1.82) is 0 Å². The van der Waals surface area contributed by atoms with E-state index < -0.39 is 10.0 Å². The zero-order chi connectivity index (χ0) is 14.9. The maximum Gasteiger partial charge on any atom is 0.238 e. The Bertz CT molecular complexity index is 765. The van der Waals surface area contributed by atoms with Gasteiger partial charge in [-0.25, -0.2) is 17.9 Å². The number of halogens is 2. The average Bonchev–Trinajstić information content (AvgIpc) is 2.35. The number of hydrogen-bond acceptors (Lipinski definition) is 4. The molecule has 0 spiro atoms. The predicted octanol–water partition coefficient (Wildman–Crippen LogP) is 2.56. The van der Waals surface area contributed by atoms with Crippen LogP contribution in [0.5, 0.6) is 0 Å². The monoisotopic (exact) mass is 359 g/mol. The van der Waals surface area contributed by atoms with Gasteiger partial charge in [0.1, 0.15) is 5.82 Å². The maximum atomic E-state index is 13.1. The molecule has 0 atom stereocenters. The van der Waals surface area contributed by atoms with Crippen molar-refractivity contribution in [2.75, 3.05) is 11.1 Å². The first kappa shape index (κ1) is 14.8. The second-order valence-corrected chi connectivity index (χ2v) is 6.46. The molecule has 0 aromatic heterocycles. The molecule has 0 heterocycles. The Morgan fingerprint density at radius 1 is 1.15 bits per heavy atom. The molecular formula is C12H11BrFN3O2S. The number of primary sulfonamides is 1. The van der Waals surface area contributed by atoms with E-state index in [-0.39, 0.29) is 16.4 Å². The normalized spacial score (nSPS) is 11.3. The number of sulfonamides is 1. The summed E-state index contributed by atoms with van der Waals surface area (Å²) in [6.45, 7) is 0. The molecule has 106 valence electrons. The minimum absolute atomic E-state index is 0.0687. The maximum absolute atomic E-state index is 13.1. The van der Waals surface area contributed by atoms with Crippen LogP contribution >= 0.6 is 15.9 Å². The molecule has 0 radical (unpaired) electrons. The molecule has 0 bridgehead atoms. The van der Waals surface area contributed by atoms with Gasteiger partial charge in [-0.1, -0.05) is 0 Å². The third-order valence-corrected chi connectivity index (χ3v) is 4.07. The molecule has 0 fully saturated rings. The topological polar surface area (TPSA) is 98.2 Å². The van der Waals surface area contributed by atoms with Crippen LogP contribution in [-0.2, 0) is 10.0 Å². The molecule has 0 saturated heterocycles. The van der Waals surface area contributed by atoms with E-state index in [0.717, 1.165) is 0 Å². The first-order valence-corrected chi connectivity index (χ1v) is 7.76. The summed E-state index contributed by atoms with van der Waals surface area (Å²) >= 11 is 3.07. The Labute approximate surface area is 124 Å². The molecule has 5 N–H and O–H groups in total. The van der Waals surface area contributed by atoms with Crippen LogP contribution in [0.25, 0.3) is 0 Å². The van der Waals surface area contributed by atoms with E-state index in [2.05, 4.69) is 21.2 Å². The SMILES string of the molecule is Nc1cc(S(N)(=O)=O)ccc1Nc1ccc(F)c(Br)c1. The van der Waals surface area contributed by atoms with E-state index in [1.54, 1.807) is 6.07 Å². The first-order chi connectivity index (χ1) is 9.27. The predicted molar refractivity (Wildman–Crippen MR) is 79.6 cm³/mol. The van der Waals surface area contributed by atoms with Gasteiger partial charge in [0.25, 0.3) is 0 Å². The van der Waals surface area contributed by atoms with Gasteiger partial charge in [-0.2, -0.15) is 0 Å². The molecule has 2 aromatic carbocycles. The molecule has 0 aliphatic carbocycles. The van der Waals surface area contributed by atoms with Gasteiger partial charge >= 0.3 is 0 Å². The summed E-state index contributed by atoms with van der Waals surface area (Å²) in [4.78, 5) is -0.0687. The highest BCUT2D eigenvalue weighted by Crippen LogP contribution is 2.27. The number of anilines is 3. The van der Waals surface area contributed by atoms with Crippen molar-refractivity contribution in [3.05, 3.63) is 46.7 Å². The fourth-order valence-electron chi connectivity index (χ4n) is 1.56. The molecular weight excluding hydrogens is 349 g/mol. The number of nitrogen functional groups attached to an aromatic ring is 1. The van der Waals surface area contributed by atoms with Crippen molar-refractivity contribution in [3.8, 4) is 0 Å². The lowest BCUT2D eigenvalue weighted by atomic mass is 10.2. The van der Waals surface area contributed by atoms with Gasteiger partial charge < -0.3 is 11.1 Å².